The number of hydrogen-bond acceptors (Lipinski definition) is 2. The zero-order valence-electron chi connectivity index (χ0n) is 10.5. The summed E-state index contributed by atoms with van der Waals surface area (Å²) < 4.78 is 3.36. The van der Waals surface area contributed by atoms with Crippen molar-refractivity contribution in [2.24, 2.45) is 0 Å². The summed E-state index contributed by atoms with van der Waals surface area (Å²) in [7, 11) is 0. The lowest BCUT2D eigenvalue weighted by atomic mass is 10.0. The highest BCUT2D eigenvalue weighted by Gasteiger charge is 2.27. The van der Waals surface area contributed by atoms with Crippen LogP contribution >= 0.6 is 27.7 Å². The lowest BCUT2D eigenvalue weighted by molar-refractivity contribution is -0.137. The molecule has 0 saturated carbocycles. The molecule has 0 amide bonds. The van der Waals surface area contributed by atoms with Gasteiger partial charge in [0.05, 0.1) is 11.9 Å². The number of thioether (sulfide) groups is 1. The third kappa shape index (κ3) is 2.19. The molecule has 1 atom stereocenters. The molecule has 2 aromatic rings. The topological polar surface area (TPSA) is 42.2 Å². The Balaban J connectivity index is 2.13. The maximum atomic E-state index is 10.9. The predicted molar refractivity (Wildman–Crippen MR) is 81.0 cm³/mol. The first-order valence-electron chi connectivity index (χ1n) is 6.18. The SMILES string of the molecule is CSc1cc(Br)c2cc3n(c2c1)CCC3CC(=O)O. The molecule has 100 valence electrons. The minimum absolute atomic E-state index is 0.148. The summed E-state index contributed by atoms with van der Waals surface area (Å²) in [5.74, 6) is -0.567. The first-order valence-corrected chi connectivity index (χ1v) is 8.20. The van der Waals surface area contributed by atoms with Crippen LogP contribution < -0.4 is 0 Å². The lowest BCUT2D eigenvalue weighted by Gasteiger charge is -2.04. The van der Waals surface area contributed by atoms with Crippen LogP contribution in [-0.2, 0) is 11.3 Å². The summed E-state index contributed by atoms with van der Waals surface area (Å²) in [4.78, 5) is 12.1. The smallest absolute Gasteiger partial charge is 0.304 e. The number of carbonyl (C=O) groups is 1. The molecule has 0 radical (unpaired) electrons. The van der Waals surface area contributed by atoms with Crippen LogP contribution in [0, 0.1) is 0 Å². The van der Waals surface area contributed by atoms with E-state index in [0.29, 0.717) is 0 Å². The first-order chi connectivity index (χ1) is 9.10. The van der Waals surface area contributed by atoms with Gasteiger partial charge in [-0.15, -0.1) is 11.8 Å². The van der Waals surface area contributed by atoms with E-state index in [1.54, 1.807) is 11.8 Å². The average molecular weight is 340 g/mol. The Labute approximate surface area is 124 Å². The highest BCUT2D eigenvalue weighted by Crippen LogP contribution is 2.39. The van der Waals surface area contributed by atoms with Crippen LogP contribution in [0.3, 0.4) is 0 Å². The van der Waals surface area contributed by atoms with Crippen LogP contribution in [0.15, 0.2) is 27.6 Å². The van der Waals surface area contributed by atoms with Gasteiger partial charge < -0.3 is 9.67 Å². The fourth-order valence-corrected chi connectivity index (χ4v) is 4.05. The Morgan fingerprint density at radius 2 is 2.32 bits per heavy atom. The van der Waals surface area contributed by atoms with Gasteiger partial charge in [-0.3, -0.25) is 4.79 Å². The maximum Gasteiger partial charge on any atom is 0.304 e. The van der Waals surface area contributed by atoms with Crippen molar-refractivity contribution in [1.29, 1.82) is 0 Å². The first kappa shape index (κ1) is 13.1. The number of carboxylic acid groups (broad SMARTS) is 1. The van der Waals surface area contributed by atoms with Crippen molar-refractivity contribution in [3.05, 3.63) is 28.4 Å². The number of rotatable bonds is 3. The predicted octanol–water partition coefficient (Wildman–Crippen LogP) is 4.09. The van der Waals surface area contributed by atoms with E-state index in [-0.39, 0.29) is 12.3 Å². The third-order valence-corrected chi connectivity index (χ3v) is 5.12. The van der Waals surface area contributed by atoms with Gasteiger partial charge in [0.1, 0.15) is 0 Å². The van der Waals surface area contributed by atoms with Gasteiger partial charge in [0.25, 0.3) is 0 Å². The normalized spacial score (nSPS) is 17.9. The van der Waals surface area contributed by atoms with Crippen molar-refractivity contribution < 1.29 is 9.90 Å². The Bertz CT molecular complexity index is 665. The highest BCUT2D eigenvalue weighted by atomic mass is 79.9. The largest absolute Gasteiger partial charge is 0.481 e. The van der Waals surface area contributed by atoms with E-state index in [9.17, 15) is 4.79 Å². The zero-order chi connectivity index (χ0) is 13.6. The molecule has 0 fully saturated rings. The van der Waals surface area contributed by atoms with Crippen LogP contribution in [0.2, 0.25) is 0 Å². The number of aliphatic carboxylic acids is 1. The van der Waals surface area contributed by atoms with E-state index < -0.39 is 5.97 Å². The van der Waals surface area contributed by atoms with E-state index in [4.69, 9.17) is 5.11 Å². The minimum atomic E-state index is -0.715. The molecule has 1 aliphatic rings. The Morgan fingerprint density at radius 1 is 1.53 bits per heavy atom. The Hall–Kier alpha value is -0.940. The standard InChI is InChI=1S/C14H14BrNO2S/c1-19-9-5-11(15)10-7-12-8(4-14(17)18)2-3-16(12)13(10)6-9/h5-8H,2-4H2,1H3,(H,17,18). The molecule has 3 rings (SSSR count). The maximum absolute atomic E-state index is 10.9. The molecule has 3 nitrogen and oxygen atoms in total. The number of aryl methyl sites for hydroxylation is 1. The van der Waals surface area contributed by atoms with Gasteiger partial charge in [-0.25, -0.2) is 0 Å². The van der Waals surface area contributed by atoms with Crippen LogP contribution in [0.25, 0.3) is 10.9 Å². The molecule has 1 aliphatic heterocycles. The number of halogens is 1. The molecule has 0 spiro atoms. The van der Waals surface area contributed by atoms with Gasteiger partial charge >= 0.3 is 5.97 Å². The van der Waals surface area contributed by atoms with Crippen molar-refractivity contribution in [1.82, 2.24) is 4.57 Å². The van der Waals surface area contributed by atoms with Crippen molar-refractivity contribution in [2.45, 2.75) is 30.2 Å². The van der Waals surface area contributed by atoms with Crippen LogP contribution in [0.1, 0.15) is 24.5 Å². The summed E-state index contributed by atoms with van der Waals surface area (Å²) >= 11 is 5.34. The second-order valence-corrected chi connectivity index (χ2v) is 6.58. The molecule has 0 aliphatic carbocycles. The third-order valence-electron chi connectivity index (χ3n) is 3.75. The summed E-state index contributed by atoms with van der Waals surface area (Å²) in [6.45, 7) is 0.918. The number of benzene rings is 1. The van der Waals surface area contributed by atoms with E-state index >= 15 is 0 Å². The summed E-state index contributed by atoms with van der Waals surface area (Å²) in [6.07, 6.45) is 3.22. The monoisotopic (exact) mass is 339 g/mol. The lowest BCUT2D eigenvalue weighted by Crippen LogP contribution is -2.02. The van der Waals surface area contributed by atoms with Crippen molar-refractivity contribution in [3.8, 4) is 0 Å². The fourth-order valence-electron chi connectivity index (χ4n) is 2.87. The summed E-state index contributed by atoms with van der Waals surface area (Å²) in [6, 6.07) is 6.45. The second-order valence-electron chi connectivity index (χ2n) is 4.85. The highest BCUT2D eigenvalue weighted by molar-refractivity contribution is 9.10. The van der Waals surface area contributed by atoms with Crippen LogP contribution in [0.5, 0.6) is 0 Å². The van der Waals surface area contributed by atoms with E-state index in [1.807, 2.05) is 0 Å². The second kappa shape index (κ2) is 4.87. The molecular weight excluding hydrogens is 326 g/mol. The van der Waals surface area contributed by atoms with Gasteiger partial charge in [-0.05, 0) is 30.9 Å². The van der Waals surface area contributed by atoms with Gasteiger partial charge in [-0.2, -0.15) is 0 Å². The van der Waals surface area contributed by atoms with Gasteiger partial charge in [0.2, 0.25) is 0 Å². The quantitative estimate of drug-likeness (QED) is 0.856. The molecule has 0 bridgehead atoms. The Kier molecular flexibility index (Phi) is 3.35. The molecule has 19 heavy (non-hydrogen) atoms. The molecule has 2 heterocycles. The fraction of sp³-hybridized carbons (Fsp3) is 0.357. The minimum Gasteiger partial charge on any atom is -0.481 e. The van der Waals surface area contributed by atoms with Crippen LogP contribution in [0.4, 0.5) is 0 Å². The number of nitrogens with zero attached hydrogens (tertiary/aromatic N) is 1. The molecule has 5 heteroatoms. The number of hydrogen-bond donors (Lipinski definition) is 1. The molecule has 1 aromatic carbocycles. The zero-order valence-corrected chi connectivity index (χ0v) is 12.9. The molecule has 1 unspecified atom stereocenters. The van der Waals surface area contributed by atoms with Gasteiger partial charge in [-0.1, -0.05) is 15.9 Å². The number of aromatic nitrogens is 1. The van der Waals surface area contributed by atoms with Gasteiger partial charge in [0, 0.05) is 32.9 Å². The molecular formula is C14H14BrNO2S. The van der Waals surface area contributed by atoms with Crippen molar-refractivity contribution >= 4 is 44.6 Å². The van der Waals surface area contributed by atoms with Crippen molar-refractivity contribution in [2.75, 3.05) is 6.26 Å². The van der Waals surface area contributed by atoms with Gasteiger partial charge in [0.15, 0.2) is 0 Å². The number of carboxylic acids is 1. The summed E-state index contributed by atoms with van der Waals surface area (Å²) in [5, 5.41) is 10.2. The van der Waals surface area contributed by atoms with E-state index in [1.165, 1.54) is 15.8 Å². The molecule has 1 aromatic heterocycles. The molecule has 0 saturated heterocycles. The summed E-state index contributed by atoms with van der Waals surface area (Å²) in [5.41, 5.74) is 2.37. The number of fused-ring (bicyclic) bond motifs is 3. The van der Waals surface area contributed by atoms with E-state index in [2.05, 4.69) is 45.0 Å². The molecule has 1 N–H and O–H groups in total. The van der Waals surface area contributed by atoms with Crippen molar-refractivity contribution in [3.63, 3.8) is 0 Å². The Morgan fingerprint density at radius 3 is 3.00 bits per heavy atom. The average Bonchev–Trinajstić information content (AvgIpc) is 2.90. The van der Waals surface area contributed by atoms with Crippen LogP contribution in [-0.4, -0.2) is 21.9 Å². The van der Waals surface area contributed by atoms with E-state index in [0.717, 1.165) is 23.1 Å².